The van der Waals surface area contributed by atoms with Crippen molar-refractivity contribution in [2.24, 2.45) is 0 Å². The number of hydrogen-bond donors (Lipinski definition) is 1. The Kier molecular flexibility index (Phi) is 4.96. The first-order valence-corrected chi connectivity index (χ1v) is 8.62. The molecule has 0 saturated carbocycles. The number of benzene rings is 1. The first-order valence-electron chi connectivity index (χ1n) is 4.36. The maximum atomic E-state index is 9.77. The Morgan fingerprint density at radius 3 is 2.64 bits per heavy atom. The third kappa shape index (κ3) is 4.47. The Hall–Kier alpha value is -0.0200. The van der Waals surface area contributed by atoms with Crippen molar-refractivity contribution in [3.8, 4) is 5.75 Å². The Morgan fingerprint density at radius 1 is 1.43 bits per heavy atom. The molecular weight excluding hydrogens is 235 g/mol. The van der Waals surface area contributed by atoms with Gasteiger partial charge < -0.3 is 9.42 Å². The van der Waals surface area contributed by atoms with Gasteiger partial charge in [-0.25, -0.2) is 0 Å². The predicted molar refractivity (Wildman–Crippen MR) is 66.3 cm³/mol. The fourth-order valence-corrected chi connectivity index (χ4v) is 4.29. The fraction of sp³-hybridized carbons (Fsp3) is 0.333. The van der Waals surface area contributed by atoms with Crippen LogP contribution >= 0.6 is 17.1 Å². The van der Waals surface area contributed by atoms with E-state index in [1.165, 1.54) is 11.4 Å². The standard InChI is InChI=1S/C9H13O2PS2/c1-2-8-14-12(10,13)11-9-6-4-3-5-7-9/h3-7H,2,8H2,1H3,(H,10,13). The first-order chi connectivity index (χ1) is 6.64. The van der Waals surface area contributed by atoms with Crippen LogP contribution in [0.1, 0.15) is 13.3 Å². The van der Waals surface area contributed by atoms with Gasteiger partial charge in [0.05, 0.1) is 0 Å². The van der Waals surface area contributed by atoms with E-state index in [-0.39, 0.29) is 0 Å². The maximum absolute atomic E-state index is 9.77. The molecule has 0 aliphatic carbocycles. The first kappa shape index (κ1) is 12.1. The van der Waals surface area contributed by atoms with Crippen LogP contribution in [0.25, 0.3) is 0 Å². The summed E-state index contributed by atoms with van der Waals surface area (Å²) < 4.78 is 5.35. The van der Waals surface area contributed by atoms with Crippen molar-refractivity contribution in [3.05, 3.63) is 30.3 Å². The summed E-state index contributed by atoms with van der Waals surface area (Å²) in [6, 6.07) is 9.20. The molecule has 0 spiro atoms. The molecular formula is C9H13O2PS2. The summed E-state index contributed by atoms with van der Waals surface area (Å²) in [4.78, 5) is 9.77. The predicted octanol–water partition coefficient (Wildman–Crippen LogP) is 3.43. The summed E-state index contributed by atoms with van der Waals surface area (Å²) in [5, 5.41) is 0. The lowest BCUT2D eigenvalue weighted by Gasteiger charge is -2.15. The summed E-state index contributed by atoms with van der Waals surface area (Å²) >= 11 is 6.33. The van der Waals surface area contributed by atoms with Gasteiger partial charge in [0, 0.05) is 5.75 Å². The molecule has 0 fully saturated rings. The highest BCUT2D eigenvalue weighted by atomic mass is 32.9. The zero-order chi connectivity index (χ0) is 10.4. The van der Waals surface area contributed by atoms with Crippen molar-refractivity contribution >= 4 is 28.9 Å². The lowest BCUT2D eigenvalue weighted by atomic mass is 10.3. The molecule has 14 heavy (non-hydrogen) atoms. The van der Waals surface area contributed by atoms with Gasteiger partial charge in [-0.15, -0.1) is 0 Å². The zero-order valence-electron chi connectivity index (χ0n) is 7.92. The highest BCUT2D eigenvalue weighted by molar-refractivity contribution is 8.67. The molecule has 1 atom stereocenters. The maximum Gasteiger partial charge on any atom is 0.294 e. The lowest BCUT2D eigenvalue weighted by Crippen LogP contribution is -1.88. The molecule has 1 unspecified atom stereocenters. The second-order valence-corrected chi connectivity index (χ2v) is 8.93. The zero-order valence-corrected chi connectivity index (χ0v) is 10.4. The minimum absolute atomic E-state index is 0.641. The van der Waals surface area contributed by atoms with Crippen LogP contribution in [0.3, 0.4) is 0 Å². The topological polar surface area (TPSA) is 29.5 Å². The van der Waals surface area contributed by atoms with E-state index in [2.05, 4.69) is 0 Å². The molecule has 1 rings (SSSR count). The third-order valence-corrected chi connectivity index (χ3v) is 5.70. The van der Waals surface area contributed by atoms with Crippen LogP contribution in [-0.2, 0) is 11.8 Å². The molecule has 0 bridgehead atoms. The van der Waals surface area contributed by atoms with Crippen LogP contribution in [0, 0.1) is 0 Å². The Bertz CT molecular complexity index is 316. The number of hydrogen-bond acceptors (Lipinski definition) is 3. The molecule has 0 amide bonds. The lowest BCUT2D eigenvalue weighted by molar-refractivity contribution is 0.504. The molecule has 0 radical (unpaired) electrons. The van der Waals surface area contributed by atoms with Crippen LogP contribution in [-0.4, -0.2) is 10.6 Å². The van der Waals surface area contributed by atoms with Gasteiger partial charge in [-0.05, 0) is 30.4 Å². The van der Waals surface area contributed by atoms with Crippen molar-refractivity contribution in [2.75, 3.05) is 5.75 Å². The van der Waals surface area contributed by atoms with E-state index in [0.717, 1.165) is 12.2 Å². The van der Waals surface area contributed by atoms with E-state index in [4.69, 9.17) is 16.3 Å². The molecule has 5 heteroatoms. The normalized spacial score (nSPS) is 14.7. The number of para-hydroxylation sites is 1. The summed E-state index contributed by atoms with van der Waals surface area (Å²) in [5.41, 5.74) is -2.68. The Morgan fingerprint density at radius 2 is 2.07 bits per heavy atom. The van der Waals surface area contributed by atoms with Gasteiger partial charge >= 0.3 is 0 Å². The highest BCUT2D eigenvalue weighted by Crippen LogP contribution is 2.55. The van der Waals surface area contributed by atoms with Crippen molar-refractivity contribution in [1.82, 2.24) is 0 Å². The van der Waals surface area contributed by atoms with E-state index < -0.39 is 5.69 Å². The molecule has 1 aromatic carbocycles. The van der Waals surface area contributed by atoms with Crippen LogP contribution in [0.15, 0.2) is 30.3 Å². The largest absolute Gasteiger partial charge is 0.436 e. The molecule has 0 aliphatic heterocycles. The summed E-state index contributed by atoms with van der Waals surface area (Å²) in [7, 11) is 0. The van der Waals surface area contributed by atoms with Crippen molar-refractivity contribution in [3.63, 3.8) is 0 Å². The van der Waals surface area contributed by atoms with Gasteiger partial charge in [-0.3, -0.25) is 0 Å². The Balaban J connectivity index is 2.55. The summed E-state index contributed by atoms with van der Waals surface area (Å²) in [6.45, 7) is 2.05. The molecule has 0 heterocycles. The minimum atomic E-state index is -2.68. The average molecular weight is 248 g/mol. The van der Waals surface area contributed by atoms with Gasteiger partial charge in [0.25, 0.3) is 5.69 Å². The fourth-order valence-electron chi connectivity index (χ4n) is 0.848. The van der Waals surface area contributed by atoms with E-state index in [0.29, 0.717) is 5.75 Å². The number of rotatable bonds is 5. The minimum Gasteiger partial charge on any atom is -0.436 e. The van der Waals surface area contributed by atoms with E-state index in [1.807, 2.05) is 25.1 Å². The van der Waals surface area contributed by atoms with Gasteiger partial charge in [-0.2, -0.15) is 0 Å². The van der Waals surface area contributed by atoms with Crippen LogP contribution < -0.4 is 4.52 Å². The van der Waals surface area contributed by atoms with Gasteiger partial charge in [0.15, 0.2) is 0 Å². The van der Waals surface area contributed by atoms with Crippen LogP contribution in [0.2, 0.25) is 0 Å². The molecule has 0 saturated heterocycles. The van der Waals surface area contributed by atoms with Crippen molar-refractivity contribution in [1.29, 1.82) is 0 Å². The molecule has 1 aromatic rings. The molecule has 1 N–H and O–H groups in total. The Labute approximate surface area is 93.6 Å². The smallest absolute Gasteiger partial charge is 0.294 e. The quantitative estimate of drug-likeness (QED) is 0.808. The average Bonchev–Trinajstić information content (AvgIpc) is 2.16. The van der Waals surface area contributed by atoms with Crippen molar-refractivity contribution < 1.29 is 9.42 Å². The second-order valence-electron chi connectivity index (χ2n) is 2.71. The molecule has 78 valence electrons. The van der Waals surface area contributed by atoms with Crippen LogP contribution in [0.5, 0.6) is 5.75 Å². The highest BCUT2D eigenvalue weighted by Gasteiger charge is 2.15. The van der Waals surface area contributed by atoms with Crippen LogP contribution in [0.4, 0.5) is 0 Å². The van der Waals surface area contributed by atoms with Gasteiger partial charge in [0.2, 0.25) is 0 Å². The molecule has 0 aromatic heterocycles. The third-order valence-electron chi connectivity index (χ3n) is 1.42. The monoisotopic (exact) mass is 248 g/mol. The van der Waals surface area contributed by atoms with E-state index >= 15 is 0 Å². The SMILES string of the molecule is CCCSP(O)(=S)Oc1ccccc1. The molecule has 0 aliphatic rings. The van der Waals surface area contributed by atoms with E-state index in [1.54, 1.807) is 12.1 Å². The summed E-state index contributed by atoms with van der Waals surface area (Å²) in [6.07, 6.45) is 0.988. The summed E-state index contributed by atoms with van der Waals surface area (Å²) in [5.74, 6) is 1.47. The van der Waals surface area contributed by atoms with Gasteiger partial charge in [-0.1, -0.05) is 36.5 Å². The molecule has 2 nitrogen and oxygen atoms in total. The van der Waals surface area contributed by atoms with Crippen molar-refractivity contribution in [2.45, 2.75) is 13.3 Å². The second kappa shape index (κ2) is 5.76. The van der Waals surface area contributed by atoms with E-state index in [9.17, 15) is 4.89 Å². The van der Waals surface area contributed by atoms with Gasteiger partial charge in [0.1, 0.15) is 5.75 Å².